The molecule has 100 valence electrons. The molecule has 0 spiro atoms. The first-order chi connectivity index (χ1) is 7.83. The van der Waals surface area contributed by atoms with Gasteiger partial charge in [0.05, 0.1) is 13.1 Å². The Bertz CT molecular complexity index is 448. The minimum absolute atomic E-state index is 0. The highest BCUT2D eigenvalue weighted by atomic mass is 35.5. The van der Waals surface area contributed by atoms with Crippen LogP contribution in [-0.4, -0.2) is 30.4 Å². The van der Waals surface area contributed by atoms with Crippen LogP contribution in [-0.2, 0) is 13.1 Å². The molecule has 0 bridgehead atoms. The fourth-order valence-corrected chi connectivity index (χ4v) is 2.58. The Kier molecular flexibility index (Phi) is 5.73. The number of nitrogens with zero attached hydrogens (tertiary/aromatic N) is 2. The number of amidine groups is 1. The number of fused-ring (bicyclic) bond motifs is 1. The summed E-state index contributed by atoms with van der Waals surface area (Å²) in [6.45, 7) is 4.73. The molecular formula is C12H16Cl3N3. The molecule has 2 aliphatic heterocycles. The third-order valence-electron chi connectivity index (χ3n) is 3.11. The van der Waals surface area contributed by atoms with E-state index in [0.717, 1.165) is 43.6 Å². The van der Waals surface area contributed by atoms with Gasteiger partial charge in [-0.05, 0) is 17.2 Å². The lowest BCUT2D eigenvalue weighted by molar-refractivity contribution is 0.324. The molecule has 0 unspecified atom stereocenters. The van der Waals surface area contributed by atoms with Gasteiger partial charge < -0.3 is 5.32 Å². The van der Waals surface area contributed by atoms with E-state index < -0.39 is 0 Å². The van der Waals surface area contributed by atoms with Crippen LogP contribution in [0.25, 0.3) is 0 Å². The Hall–Kier alpha value is -0.480. The smallest absolute Gasteiger partial charge is 0.111 e. The van der Waals surface area contributed by atoms with Gasteiger partial charge >= 0.3 is 0 Å². The molecule has 2 aliphatic rings. The van der Waals surface area contributed by atoms with Crippen molar-refractivity contribution < 1.29 is 0 Å². The summed E-state index contributed by atoms with van der Waals surface area (Å²) in [7, 11) is 0. The summed E-state index contributed by atoms with van der Waals surface area (Å²) in [5, 5.41) is 4.19. The van der Waals surface area contributed by atoms with E-state index in [9.17, 15) is 0 Å². The zero-order valence-electron chi connectivity index (χ0n) is 9.86. The van der Waals surface area contributed by atoms with Gasteiger partial charge in [0.15, 0.2) is 0 Å². The van der Waals surface area contributed by atoms with Crippen molar-refractivity contribution in [2.45, 2.75) is 13.1 Å². The zero-order valence-corrected chi connectivity index (χ0v) is 12.2. The molecule has 0 saturated heterocycles. The van der Waals surface area contributed by atoms with Crippen molar-refractivity contribution >= 4 is 42.3 Å². The van der Waals surface area contributed by atoms with Crippen LogP contribution in [0.2, 0.25) is 5.02 Å². The van der Waals surface area contributed by atoms with Gasteiger partial charge in [0.1, 0.15) is 5.84 Å². The highest BCUT2D eigenvalue weighted by Crippen LogP contribution is 2.28. The Morgan fingerprint density at radius 2 is 2.11 bits per heavy atom. The van der Waals surface area contributed by atoms with Gasteiger partial charge in [0, 0.05) is 24.7 Å². The van der Waals surface area contributed by atoms with Crippen LogP contribution in [0.1, 0.15) is 11.1 Å². The van der Waals surface area contributed by atoms with E-state index in [4.69, 9.17) is 11.6 Å². The number of nitrogens with one attached hydrogen (secondary N) is 1. The van der Waals surface area contributed by atoms with Crippen molar-refractivity contribution in [3.05, 3.63) is 34.3 Å². The molecule has 1 aromatic carbocycles. The van der Waals surface area contributed by atoms with E-state index in [0.29, 0.717) is 0 Å². The lowest BCUT2D eigenvalue weighted by atomic mass is 10.1. The summed E-state index contributed by atoms with van der Waals surface area (Å²) < 4.78 is 0. The van der Waals surface area contributed by atoms with Gasteiger partial charge in [-0.1, -0.05) is 23.7 Å². The molecular weight excluding hydrogens is 293 g/mol. The molecule has 0 saturated carbocycles. The second kappa shape index (κ2) is 6.62. The van der Waals surface area contributed by atoms with Crippen LogP contribution >= 0.6 is 36.4 Å². The van der Waals surface area contributed by atoms with Gasteiger partial charge in [-0.2, -0.15) is 0 Å². The SMILES string of the molecule is Cl.Cl.Clc1cccc2c1CN(CC1=NCCN1)C2. The van der Waals surface area contributed by atoms with Crippen molar-refractivity contribution in [1.82, 2.24) is 10.2 Å². The first-order valence-electron chi connectivity index (χ1n) is 5.59. The van der Waals surface area contributed by atoms with E-state index >= 15 is 0 Å². The summed E-state index contributed by atoms with van der Waals surface area (Å²) in [6, 6.07) is 6.15. The number of hydrogen-bond donors (Lipinski definition) is 1. The second-order valence-corrected chi connectivity index (χ2v) is 4.69. The van der Waals surface area contributed by atoms with E-state index in [1.54, 1.807) is 0 Å². The number of hydrogen-bond acceptors (Lipinski definition) is 3. The van der Waals surface area contributed by atoms with Gasteiger partial charge in [-0.3, -0.25) is 9.89 Å². The Morgan fingerprint density at radius 1 is 1.28 bits per heavy atom. The molecule has 1 aromatic rings. The molecule has 0 fully saturated rings. The normalized spacial score (nSPS) is 17.3. The minimum Gasteiger partial charge on any atom is -0.371 e. The Labute approximate surface area is 124 Å². The summed E-state index contributed by atoms with van der Waals surface area (Å²) in [5.74, 6) is 1.11. The Morgan fingerprint density at radius 3 is 2.78 bits per heavy atom. The summed E-state index contributed by atoms with van der Waals surface area (Å²) >= 11 is 6.18. The third kappa shape index (κ3) is 3.09. The van der Waals surface area contributed by atoms with E-state index in [1.807, 2.05) is 12.1 Å². The van der Waals surface area contributed by atoms with Crippen LogP contribution in [0.15, 0.2) is 23.2 Å². The average Bonchev–Trinajstić information content (AvgIpc) is 2.88. The number of halogens is 3. The van der Waals surface area contributed by atoms with Crippen molar-refractivity contribution in [1.29, 1.82) is 0 Å². The minimum atomic E-state index is 0. The summed E-state index contributed by atoms with van der Waals surface area (Å²) in [4.78, 5) is 6.78. The quantitative estimate of drug-likeness (QED) is 0.909. The molecule has 0 atom stereocenters. The molecule has 6 heteroatoms. The van der Waals surface area contributed by atoms with E-state index in [-0.39, 0.29) is 24.8 Å². The van der Waals surface area contributed by atoms with Crippen LogP contribution in [0.5, 0.6) is 0 Å². The van der Waals surface area contributed by atoms with Crippen LogP contribution < -0.4 is 5.32 Å². The topological polar surface area (TPSA) is 27.6 Å². The first-order valence-corrected chi connectivity index (χ1v) is 5.96. The molecule has 3 rings (SSSR count). The van der Waals surface area contributed by atoms with Crippen molar-refractivity contribution in [2.24, 2.45) is 4.99 Å². The fourth-order valence-electron chi connectivity index (χ4n) is 2.33. The molecule has 0 aromatic heterocycles. The summed E-state index contributed by atoms with van der Waals surface area (Å²) in [6.07, 6.45) is 0. The first kappa shape index (κ1) is 15.6. The standard InChI is InChI=1S/C12H14ClN3.2ClH/c13-11-3-1-2-9-6-16(7-10(9)11)8-12-14-4-5-15-12;;/h1-3H,4-8H2,(H,14,15);2*1H. The molecule has 3 nitrogen and oxygen atoms in total. The molecule has 0 amide bonds. The Balaban J connectivity index is 0.000000810. The van der Waals surface area contributed by atoms with Crippen LogP contribution in [0, 0.1) is 0 Å². The molecule has 2 heterocycles. The maximum Gasteiger partial charge on any atom is 0.111 e. The van der Waals surface area contributed by atoms with Gasteiger partial charge in [-0.25, -0.2) is 0 Å². The van der Waals surface area contributed by atoms with Gasteiger partial charge in [-0.15, -0.1) is 24.8 Å². The monoisotopic (exact) mass is 307 g/mol. The number of benzene rings is 1. The lowest BCUT2D eigenvalue weighted by Gasteiger charge is -2.14. The van der Waals surface area contributed by atoms with E-state index in [1.165, 1.54) is 11.1 Å². The highest BCUT2D eigenvalue weighted by molar-refractivity contribution is 6.31. The van der Waals surface area contributed by atoms with E-state index in [2.05, 4.69) is 21.3 Å². The lowest BCUT2D eigenvalue weighted by Crippen LogP contribution is -2.31. The van der Waals surface area contributed by atoms with Crippen LogP contribution in [0.3, 0.4) is 0 Å². The third-order valence-corrected chi connectivity index (χ3v) is 3.46. The zero-order chi connectivity index (χ0) is 11.0. The number of aliphatic imine (C=N–C) groups is 1. The maximum atomic E-state index is 6.18. The highest BCUT2D eigenvalue weighted by Gasteiger charge is 2.22. The molecule has 1 N–H and O–H groups in total. The van der Waals surface area contributed by atoms with Crippen molar-refractivity contribution in [3.63, 3.8) is 0 Å². The molecule has 18 heavy (non-hydrogen) atoms. The predicted octanol–water partition coefficient (Wildman–Crippen LogP) is 2.50. The van der Waals surface area contributed by atoms with Gasteiger partial charge in [0.25, 0.3) is 0 Å². The van der Waals surface area contributed by atoms with Crippen molar-refractivity contribution in [2.75, 3.05) is 19.6 Å². The fraction of sp³-hybridized carbons (Fsp3) is 0.417. The molecule has 0 aliphatic carbocycles. The van der Waals surface area contributed by atoms with Gasteiger partial charge in [0.2, 0.25) is 0 Å². The predicted molar refractivity (Wildman–Crippen MR) is 80.4 cm³/mol. The maximum absolute atomic E-state index is 6.18. The second-order valence-electron chi connectivity index (χ2n) is 4.28. The average molecular weight is 309 g/mol. The molecule has 0 radical (unpaired) electrons. The largest absolute Gasteiger partial charge is 0.371 e. The summed E-state index contributed by atoms with van der Waals surface area (Å²) in [5.41, 5.74) is 2.63. The van der Waals surface area contributed by atoms with Crippen molar-refractivity contribution in [3.8, 4) is 0 Å². The van der Waals surface area contributed by atoms with Crippen LogP contribution in [0.4, 0.5) is 0 Å². The number of rotatable bonds is 2.